The van der Waals surface area contributed by atoms with Gasteiger partial charge in [0.05, 0.1) is 11.0 Å². The summed E-state index contributed by atoms with van der Waals surface area (Å²) in [6.07, 6.45) is 1.91. The van der Waals surface area contributed by atoms with E-state index in [9.17, 15) is 4.79 Å². The summed E-state index contributed by atoms with van der Waals surface area (Å²) in [6, 6.07) is 8.14. The van der Waals surface area contributed by atoms with Crippen LogP contribution >= 0.6 is 0 Å². The molecule has 5 heteroatoms. The second kappa shape index (κ2) is 5.63. The number of nitrogens with one attached hydrogen (secondary N) is 2. The number of hydrogen-bond donors (Lipinski definition) is 2. The van der Waals surface area contributed by atoms with Gasteiger partial charge < -0.3 is 15.2 Å². The van der Waals surface area contributed by atoms with E-state index in [1.54, 1.807) is 0 Å². The number of imidazole rings is 1. The Kier molecular flexibility index (Phi) is 3.81. The predicted octanol–water partition coefficient (Wildman–Crippen LogP) is 3.25. The van der Waals surface area contributed by atoms with Crippen molar-refractivity contribution in [3.05, 3.63) is 30.1 Å². The van der Waals surface area contributed by atoms with Gasteiger partial charge in [0.15, 0.2) is 0 Å². The number of carbonyl (C=O) groups is 1. The number of fused-ring (bicyclic) bond motifs is 1. The van der Waals surface area contributed by atoms with Crippen LogP contribution in [-0.4, -0.2) is 39.5 Å². The van der Waals surface area contributed by atoms with E-state index in [1.165, 1.54) is 0 Å². The first-order valence-electron chi connectivity index (χ1n) is 7.94. The number of urea groups is 1. The second-order valence-corrected chi connectivity index (χ2v) is 7.08. The van der Waals surface area contributed by atoms with Crippen LogP contribution < -0.4 is 5.32 Å². The first-order chi connectivity index (χ1) is 10.4. The van der Waals surface area contributed by atoms with Gasteiger partial charge in [0, 0.05) is 24.5 Å². The summed E-state index contributed by atoms with van der Waals surface area (Å²) in [5, 5.41) is 3.03. The number of para-hydroxylation sites is 2. The minimum absolute atomic E-state index is 0.0376. The molecule has 1 aliphatic heterocycles. The number of carbonyl (C=O) groups excluding carboxylic acids is 1. The summed E-state index contributed by atoms with van der Waals surface area (Å²) in [4.78, 5) is 22.2. The van der Waals surface area contributed by atoms with Gasteiger partial charge >= 0.3 is 6.03 Å². The molecule has 0 unspecified atom stereocenters. The highest BCUT2D eigenvalue weighted by atomic mass is 16.2. The van der Waals surface area contributed by atoms with Crippen molar-refractivity contribution in [1.29, 1.82) is 0 Å². The number of nitrogens with zero attached hydrogens (tertiary/aromatic N) is 2. The van der Waals surface area contributed by atoms with E-state index in [2.05, 4.69) is 16.4 Å². The molecule has 0 aliphatic carbocycles. The van der Waals surface area contributed by atoms with E-state index >= 15 is 0 Å². The van der Waals surface area contributed by atoms with Crippen LogP contribution in [0, 0.1) is 0 Å². The molecule has 1 fully saturated rings. The number of hydrogen-bond acceptors (Lipinski definition) is 2. The van der Waals surface area contributed by atoms with E-state index < -0.39 is 0 Å². The quantitative estimate of drug-likeness (QED) is 0.849. The summed E-state index contributed by atoms with van der Waals surface area (Å²) in [7, 11) is 0. The van der Waals surface area contributed by atoms with Crippen LogP contribution in [0.5, 0.6) is 0 Å². The van der Waals surface area contributed by atoms with Crippen molar-refractivity contribution in [3.8, 4) is 0 Å². The van der Waals surface area contributed by atoms with Crippen molar-refractivity contribution < 1.29 is 4.79 Å². The smallest absolute Gasteiger partial charge is 0.317 e. The maximum absolute atomic E-state index is 12.2. The molecular formula is C17H24N4O. The van der Waals surface area contributed by atoms with Gasteiger partial charge in [-0.25, -0.2) is 9.78 Å². The average Bonchev–Trinajstić information content (AvgIpc) is 2.89. The SMILES string of the molecule is CC(C)(C)NC(=O)N1CCC(c2nc3ccccc3[nH]2)CC1. The topological polar surface area (TPSA) is 61.0 Å². The molecule has 1 aliphatic rings. The Morgan fingerprint density at radius 3 is 2.59 bits per heavy atom. The second-order valence-electron chi connectivity index (χ2n) is 7.08. The van der Waals surface area contributed by atoms with Crippen molar-refractivity contribution in [2.75, 3.05) is 13.1 Å². The minimum atomic E-state index is -0.188. The zero-order valence-electron chi connectivity index (χ0n) is 13.5. The number of rotatable bonds is 1. The fourth-order valence-electron chi connectivity index (χ4n) is 2.92. The molecule has 2 aromatic rings. The third-order valence-electron chi connectivity index (χ3n) is 4.06. The monoisotopic (exact) mass is 300 g/mol. The molecule has 3 rings (SSSR count). The molecule has 2 amide bonds. The molecule has 2 heterocycles. The third-order valence-corrected chi connectivity index (χ3v) is 4.06. The molecule has 0 saturated carbocycles. The van der Waals surface area contributed by atoms with Gasteiger partial charge in [0.2, 0.25) is 0 Å². The number of aromatic nitrogens is 2. The number of H-pyrrole nitrogens is 1. The Hall–Kier alpha value is -2.04. The van der Waals surface area contributed by atoms with Crippen LogP contribution in [0.1, 0.15) is 45.4 Å². The standard InChI is InChI=1S/C17H24N4O/c1-17(2,3)20-16(22)21-10-8-12(9-11-21)15-18-13-6-4-5-7-14(13)19-15/h4-7,12H,8-11H2,1-3H3,(H,18,19)(H,20,22). The molecule has 2 N–H and O–H groups in total. The van der Waals surface area contributed by atoms with Gasteiger partial charge in [0.25, 0.3) is 0 Å². The first kappa shape index (κ1) is 14.9. The molecule has 0 radical (unpaired) electrons. The lowest BCUT2D eigenvalue weighted by molar-refractivity contribution is 0.172. The largest absolute Gasteiger partial charge is 0.342 e. The molecule has 118 valence electrons. The van der Waals surface area contributed by atoms with Crippen molar-refractivity contribution >= 4 is 17.1 Å². The van der Waals surface area contributed by atoms with E-state index in [1.807, 2.05) is 43.9 Å². The van der Waals surface area contributed by atoms with Crippen LogP contribution in [0.3, 0.4) is 0 Å². The Bertz CT molecular complexity index is 630. The maximum Gasteiger partial charge on any atom is 0.317 e. The number of likely N-dealkylation sites (tertiary alicyclic amines) is 1. The van der Waals surface area contributed by atoms with Crippen molar-refractivity contribution in [3.63, 3.8) is 0 Å². The number of benzene rings is 1. The lowest BCUT2D eigenvalue weighted by Gasteiger charge is -2.33. The zero-order chi connectivity index (χ0) is 15.7. The molecule has 0 spiro atoms. The number of piperidine rings is 1. The van der Waals surface area contributed by atoms with Crippen molar-refractivity contribution in [2.45, 2.75) is 45.1 Å². The lowest BCUT2D eigenvalue weighted by atomic mass is 9.96. The van der Waals surface area contributed by atoms with Crippen LogP contribution in [-0.2, 0) is 0 Å². The van der Waals surface area contributed by atoms with Gasteiger partial charge in [-0.15, -0.1) is 0 Å². The van der Waals surface area contributed by atoms with Crippen LogP contribution in [0.15, 0.2) is 24.3 Å². The maximum atomic E-state index is 12.2. The van der Waals surface area contributed by atoms with E-state index in [-0.39, 0.29) is 11.6 Å². The Morgan fingerprint density at radius 2 is 1.95 bits per heavy atom. The highest BCUT2D eigenvalue weighted by Crippen LogP contribution is 2.27. The lowest BCUT2D eigenvalue weighted by Crippen LogP contribution is -2.50. The molecule has 5 nitrogen and oxygen atoms in total. The number of amides is 2. The van der Waals surface area contributed by atoms with E-state index in [0.29, 0.717) is 5.92 Å². The third kappa shape index (κ3) is 3.24. The fraction of sp³-hybridized carbons (Fsp3) is 0.529. The highest BCUT2D eigenvalue weighted by Gasteiger charge is 2.27. The Morgan fingerprint density at radius 1 is 1.27 bits per heavy atom. The van der Waals surface area contributed by atoms with Crippen molar-refractivity contribution in [2.24, 2.45) is 0 Å². The van der Waals surface area contributed by atoms with Gasteiger partial charge in [-0.05, 0) is 45.7 Å². The first-order valence-corrected chi connectivity index (χ1v) is 7.94. The van der Waals surface area contributed by atoms with E-state index in [4.69, 9.17) is 4.98 Å². The van der Waals surface area contributed by atoms with Gasteiger partial charge in [-0.1, -0.05) is 12.1 Å². The van der Waals surface area contributed by atoms with Gasteiger partial charge in [-0.3, -0.25) is 0 Å². The van der Waals surface area contributed by atoms with Crippen LogP contribution in [0.2, 0.25) is 0 Å². The highest BCUT2D eigenvalue weighted by molar-refractivity contribution is 5.75. The molecule has 0 atom stereocenters. The number of aromatic amines is 1. The molecule has 22 heavy (non-hydrogen) atoms. The Labute approximate surface area is 131 Å². The molecule has 1 aromatic carbocycles. The molecule has 1 aromatic heterocycles. The summed E-state index contributed by atoms with van der Waals surface area (Å²) in [5.74, 6) is 1.46. The summed E-state index contributed by atoms with van der Waals surface area (Å²) >= 11 is 0. The molecule has 1 saturated heterocycles. The summed E-state index contributed by atoms with van der Waals surface area (Å²) in [5.41, 5.74) is 1.92. The Balaban J connectivity index is 1.63. The summed E-state index contributed by atoms with van der Waals surface area (Å²) in [6.45, 7) is 7.58. The van der Waals surface area contributed by atoms with E-state index in [0.717, 1.165) is 42.8 Å². The minimum Gasteiger partial charge on any atom is -0.342 e. The normalized spacial score (nSPS) is 17.0. The van der Waals surface area contributed by atoms with Crippen LogP contribution in [0.4, 0.5) is 4.79 Å². The zero-order valence-corrected chi connectivity index (χ0v) is 13.5. The molecular weight excluding hydrogens is 276 g/mol. The fourth-order valence-corrected chi connectivity index (χ4v) is 2.92. The molecule has 0 bridgehead atoms. The van der Waals surface area contributed by atoms with Gasteiger partial charge in [-0.2, -0.15) is 0 Å². The average molecular weight is 300 g/mol. The van der Waals surface area contributed by atoms with Crippen LogP contribution in [0.25, 0.3) is 11.0 Å². The van der Waals surface area contributed by atoms with Crippen molar-refractivity contribution in [1.82, 2.24) is 20.2 Å². The van der Waals surface area contributed by atoms with Gasteiger partial charge in [0.1, 0.15) is 5.82 Å². The predicted molar refractivity (Wildman–Crippen MR) is 87.9 cm³/mol. The summed E-state index contributed by atoms with van der Waals surface area (Å²) < 4.78 is 0.